The van der Waals surface area contributed by atoms with Crippen LogP contribution >= 0.6 is 0 Å². The molecule has 0 heterocycles. The Labute approximate surface area is 165 Å². The van der Waals surface area contributed by atoms with Gasteiger partial charge in [-0.1, -0.05) is 89.6 Å². The van der Waals surface area contributed by atoms with E-state index in [1.54, 1.807) is 11.1 Å². The van der Waals surface area contributed by atoms with Crippen molar-refractivity contribution in [3.63, 3.8) is 0 Å². The summed E-state index contributed by atoms with van der Waals surface area (Å²) in [6.45, 7) is 12.2. The molecular weight excluding hydrogens is 324 g/mol. The van der Waals surface area contributed by atoms with E-state index in [2.05, 4.69) is 83.1 Å². The summed E-state index contributed by atoms with van der Waals surface area (Å²) in [7, 11) is 0. The molecule has 0 saturated carbocycles. The van der Waals surface area contributed by atoms with E-state index in [1.165, 1.54) is 47.2 Å². The fourth-order valence-electron chi connectivity index (χ4n) is 5.15. The van der Waals surface area contributed by atoms with Crippen LogP contribution in [-0.4, -0.2) is 0 Å². The van der Waals surface area contributed by atoms with Gasteiger partial charge in [0, 0.05) is 0 Å². The van der Waals surface area contributed by atoms with Crippen LogP contribution in [0.2, 0.25) is 0 Å². The SMILES string of the molecule is CC(C)C(C)CC[C@@H](C)C1(C)CCc2c1ccc1c2ccc2ccccc21. The normalized spacial score (nSPS) is 21.7. The highest BCUT2D eigenvalue weighted by molar-refractivity contribution is 6.08. The Bertz CT molecular complexity index is 964. The first-order valence-electron chi connectivity index (χ1n) is 10.9. The molecule has 3 aromatic carbocycles. The zero-order chi connectivity index (χ0) is 19.2. The van der Waals surface area contributed by atoms with Crippen LogP contribution in [0.4, 0.5) is 0 Å². The summed E-state index contributed by atoms with van der Waals surface area (Å²) in [4.78, 5) is 0. The van der Waals surface area contributed by atoms with Gasteiger partial charge < -0.3 is 0 Å². The Kier molecular flexibility index (Phi) is 4.78. The zero-order valence-electron chi connectivity index (χ0n) is 17.7. The Morgan fingerprint density at radius 3 is 2.33 bits per heavy atom. The molecule has 1 aliphatic carbocycles. The molecule has 0 radical (unpaired) electrons. The first kappa shape index (κ1) is 18.5. The maximum Gasteiger partial charge on any atom is -0.00435 e. The molecule has 1 aliphatic rings. The van der Waals surface area contributed by atoms with Gasteiger partial charge in [-0.2, -0.15) is 0 Å². The molecule has 0 bridgehead atoms. The predicted molar refractivity (Wildman–Crippen MR) is 120 cm³/mol. The molecule has 4 rings (SSSR count). The second-order valence-corrected chi connectivity index (χ2v) is 9.59. The maximum atomic E-state index is 2.52. The van der Waals surface area contributed by atoms with Gasteiger partial charge in [-0.3, -0.25) is 0 Å². The van der Waals surface area contributed by atoms with Crippen LogP contribution in [0.15, 0.2) is 48.5 Å². The Balaban J connectivity index is 1.71. The van der Waals surface area contributed by atoms with Crippen molar-refractivity contribution in [2.75, 3.05) is 0 Å². The summed E-state index contributed by atoms with van der Waals surface area (Å²) in [6, 6.07) is 18.3. The molecule has 0 nitrogen and oxygen atoms in total. The van der Waals surface area contributed by atoms with Crippen molar-refractivity contribution in [1.29, 1.82) is 0 Å². The molecule has 0 spiro atoms. The monoisotopic (exact) mass is 358 g/mol. The highest BCUT2D eigenvalue weighted by atomic mass is 14.4. The molecule has 3 aromatic rings. The van der Waals surface area contributed by atoms with E-state index >= 15 is 0 Å². The van der Waals surface area contributed by atoms with Crippen molar-refractivity contribution in [3.8, 4) is 0 Å². The molecule has 0 aromatic heterocycles. The lowest BCUT2D eigenvalue weighted by Crippen LogP contribution is -2.28. The molecule has 3 atom stereocenters. The molecular formula is C27H34. The van der Waals surface area contributed by atoms with E-state index < -0.39 is 0 Å². The molecule has 27 heavy (non-hydrogen) atoms. The van der Waals surface area contributed by atoms with Gasteiger partial charge in [0.15, 0.2) is 0 Å². The van der Waals surface area contributed by atoms with Crippen molar-refractivity contribution in [2.45, 2.75) is 65.7 Å². The Morgan fingerprint density at radius 1 is 0.815 bits per heavy atom. The lowest BCUT2D eigenvalue weighted by atomic mass is 9.70. The lowest BCUT2D eigenvalue weighted by molar-refractivity contribution is 0.260. The van der Waals surface area contributed by atoms with Crippen LogP contribution in [-0.2, 0) is 11.8 Å². The molecule has 0 fully saturated rings. The lowest BCUT2D eigenvalue weighted by Gasteiger charge is -2.34. The molecule has 142 valence electrons. The van der Waals surface area contributed by atoms with E-state index in [4.69, 9.17) is 0 Å². The second kappa shape index (κ2) is 6.97. The summed E-state index contributed by atoms with van der Waals surface area (Å²) < 4.78 is 0. The van der Waals surface area contributed by atoms with Crippen LogP contribution in [0, 0.1) is 17.8 Å². The van der Waals surface area contributed by atoms with Gasteiger partial charge in [0.1, 0.15) is 0 Å². The number of benzene rings is 3. The number of fused-ring (bicyclic) bond motifs is 5. The minimum atomic E-state index is 0.325. The molecule has 0 amide bonds. The smallest absolute Gasteiger partial charge is 0.00435 e. The number of hydrogen-bond acceptors (Lipinski definition) is 0. The Morgan fingerprint density at radius 2 is 1.56 bits per heavy atom. The van der Waals surface area contributed by atoms with Crippen LogP contribution in [0.1, 0.15) is 65.0 Å². The highest BCUT2D eigenvalue weighted by Gasteiger charge is 2.39. The molecule has 2 unspecified atom stereocenters. The fourth-order valence-corrected chi connectivity index (χ4v) is 5.15. The third-order valence-corrected chi connectivity index (χ3v) is 7.83. The predicted octanol–water partition coefficient (Wildman–Crippen LogP) is 7.91. The fraction of sp³-hybridized carbons (Fsp3) is 0.481. The number of aryl methyl sites for hydroxylation is 1. The van der Waals surface area contributed by atoms with Crippen molar-refractivity contribution < 1.29 is 0 Å². The zero-order valence-corrected chi connectivity index (χ0v) is 17.7. The minimum Gasteiger partial charge on any atom is -0.0625 e. The van der Waals surface area contributed by atoms with Crippen molar-refractivity contribution >= 4 is 21.5 Å². The van der Waals surface area contributed by atoms with Crippen molar-refractivity contribution in [1.82, 2.24) is 0 Å². The van der Waals surface area contributed by atoms with Gasteiger partial charge in [-0.05, 0) is 75.1 Å². The molecule has 0 saturated heterocycles. The largest absolute Gasteiger partial charge is 0.0625 e. The average molecular weight is 359 g/mol. The van der Waals surface area contributed by atoms with Gasteiger partial charge in [0.05, 0.1) is 0 Å². The van der Waals surface area contributed by atoms with Crippen LogP contribution in [0.5, 0.6) is 0 Å². The van der Waals surface area contributed by atoms with E-state index in [9.17, 15) is 0 Å². The summed E-state index contributed by atoms with van der Waals surface area (Å²) >= 11 is 0. The third-order valence-electron chi connectivity index (χ3n) is 7.83. The van der Waals surface area contributed by atoms with E-state index in [1.807, 2.05) is 0 Å². The van der Waals surface area contributed by atoms with E-state index in [-0.39, 0.29) is 0 Å². The molecule has 0 aliphatic heterocycles. The second-order valence-electron chi connectivity index (χ2n) is 9.59. The first-order chi connectivity index (χ1) is 12.9. The van der Waals surface area contributed by atoms with Gasteiger partial charge >= 0.3 is 0 Å². The highest BCUT2D eigenvalue weighted by Crippen LogP contribution is 2.48. The molecule has 0 heteroatoms. The summed E-state index contributed by atoms with van der Waals surface area (Å²) in [5, 5.41) is 5.65. The summed E-state index contributed by atoms with van der Waals surface area (Å²) in [5.41, 5.74) is 3.56. The first-order valence-corrected chi connectivity index (χ1v) is 10.9. The Hall–Kier alpha value is -1.82. The van der Waals surface area contributed by atoms with E-state index in [0.717, 1.165) is 17.8 Å². The average Bonchev–Trinajstić information content (AvgIpc) is 3.03. The summed E-state index contributed by atoms with van der Waals surface area (Å²) in [6.07, 6.45) is 5.21. The van der Waals surface area contributed by atoms with Crippen molar-refractivity contribution in [2.24, 2.45) is 17.8 Å². The van der Waals surface area contributed by atoms with Crippen LogP contribution in [0.25, 0.3) is 21.5 Å². The standard InChI is InChI=1S/C27H34/c1-18(2)19(3)10-11-20(4)27(5)17-16-25-24-13-12-21-8-6-7-9-22(21)23(24)14-15-26(25)27/h6-9,12-15,18-20H,10-11,16-17H2,1-5H3/t19?,20-,27?/m1/s1. The van der Waals surface area contributed by atoms with Crippen LogP contribution < -0.4 is 0 Å². The minimum absolute atomic E-state index is 0.325. The topological polar surface area (TPSA) is 0 Å². The van der Waals surface area contributed by atoms with Gasteiger partial charge in [0.2, 0.25) is 0 Å². The maximum absolute atomic E-state index is 2.52. The van der Waals surface area contributed by atoms with Crippen molar-refractivity contribution in [3.05, 3.63) is 59.7 Å². The quantitative estimate of drug-likeness (QED) is 0.406. The third kappa shape index (κ3) is 3.08. The van der Waals surface area contributed by atoms with Gasteiger partial charge in [-0.25, -0.2) is 0 Å². The van der Waals surface area contributed by atoms with E-state index in [0.29, 0.717) is 5.41 Å². The van der Waals surface area contributed by atoms with Crippen LogP contribution in [0.3, 0.4) is 0 Å². The number of hydrogen-bond donors (Lipinski definition) is 0. The van der Waals surface area contributed by atoms with Gasteiger partial charge in [-0.15, -0.1) is 0 Å². The summed E-state index contributed by atoms with van der Waals surface area (Å²) in [5.74, 6) is 2.34. The molecule has 0 N–H and O–H groups in total. The number of rotatable bonds is 5. The van der Waals surface area contributed by atoms with Gasteiger partial charge in [0.25, 0.3) is 0 Å².